The molecular weight excluding hydrogens is 430 g/mol. The Morgan fingerprint density at radius 2 is 1.79 bits per heavy atom. The quantitative estimate of drug-likeness (QED) is 0.306. The number of benzene rings is 3. The third-order valence-corrected chi connectivity index (χ3v) is 5.06. The van der Waals surface area contributed by atoms with Gasteiger partial charge in [0.25, 0.3) is 0 Å². The number of aryl methyl sites for hydroxylation is 1. The van der Waals surface area contributed by atoms with Gasteiger partial charge in [0.15, 0.2) is 11.5 Å². The topological polar surface area (TPSA) is 73.9 Å². The predicted octanol–water partition coefficient (Wildman–Crippen LogP) is 5.80. The minimum absolute atomic E-state index is 0.321. The molecular formula is C28H29NO5. The van der Waals surface area contributed by atoms with Crippen LogP contribution in [0, 0.1) is 6.92 Å². The van der Waals surface area contributed by atoms with E-state index in [2.05, 4.69) is 5.32 Å². The molecule has 0 radical (unpaired) electrons. The zero-order valence-corrected chi connectivity index (χ0v) is 19.7. The van der Waals surface area contributed by atoms with Crippen molar-refractivity contribution in [3.8, 4) is 11.5 Å². The van der Waals surface area contributed by atoms with Crippen LogP contribution < -0.4 is 14.8 Å². The van der Waals surface area contributed by atoms with Gasteiger partial charge in [-0.25, -0.2) is 4.79 Å². The third kappa shape index (κ3) is 6.97. The van der Waals surface area contributed by atoms with Crippen LogP contribution in [0.25, 0.3) is 6.08 Å². The number of hydrogen-bond acceptors (Lipinski definition) is 5. The Kier molecular flexibility index (Phi) is 8.86. The highest BCUT2D eigenvalue weighted by molar-refractivity contribution is 6.02. The number of hydrogen-bond donors (Lipinski definition) is 1. The van der Waals surface area contributed by atoms with Gasteiger partial charge in [-0.1, -0.05) is 43.3 Å². The number of anilines is 1. The summed E-state index contributed by atoms with van der Waals surface area (Å²) in [7, 11) is 1.58. The first-order valence-corrected chi connectivity index (χ1v) is 11.1. The molecule has 0 saturated heterocycles. The lowest BCUT2D eigenvalue weighted by Crippen LogP contribution is -2.10. The number of methoxy groups -OCH3 is 1. The van der Waals surface area contributed by atoms with Crippen LogP contribution in [-0.4, -0.2) is 25.6 Å². The van der Waals surface area contributed by atoms with Crippen LogP contribution in [0.3, 0.4) is 0 Å². The molecule has 0 fully saturated rings. The van der Waals surface area contributed by atoms with Crippen LogP contribution in [-0.2, 0) is 16.1 Å². The second-order valence-electron chi connectivity index (χ2n) is 7.66. The van der Waals surface area contributed by atoms with Crippen LogP contribution in [0.4, 0.5) is 5.69 Å². The number of amides is 1. The van der Waals surface area contributed by atoms with E-state index in [1.54, 1.807) is 43.5 Å². The average Bonchev–Trinajstić information content (AvgIpc) is 2.86. The first-order chi connectivity index (χ1) is 16.5. The molecule has 0 spiro atoms. The zero-order valence-electron chi connectivity index (χ0n) is 19.7. The maximum absolute atomic E-state index is 12.4. The molecule has 6 nitrogen and oxygen atoms in total. The van der Waals surface area contributed by atoms with Crippen molar-refractivity contribution in [3.05, 3.63) is 95.1 Å². The molecule has 6 heteroatoms. The Morgan fingerprint density at radius 3 is 2.56 bits per heavy atom. The lowest BCUT2D eigenvalue weighted by atomic mass is 10.1. The van der Waals surface area contributed by atoms with Crippen molar-refractivity contribution in [2.24, 2.45) is 0 Å². The fraction of sp³-hybridized carbons (Fsp3) is 0.214. The van der Waals surface area contributed by atoms with Crippen LogP contribution in [0.5, 0.6) is 11.5 Å². The van der Waals surface area contributed by atoms with Crippen molar-refractivity contribution in [2.75, 3.05) is 19.0 Å². The summed E-state index contributed by atoms with van der Waals surface area (Å²) < 4.78 is 16.5. The molecule has 1 N–H and O–H groups in total. The van der Waals surface area contributed by atoms with E-state index in [-0.39, 0.29) is 5.91 Å². The summed E-state index contributed by atoms with van der Waals surface area (Å²) in [6, 6.07) is 20.2. The molecule has 0 heterocycles. The molecule has 0 aliphatic heterocycles. The highest BCUT2D eigenvalue weighted by Gasteiger charge is 2.09. The maximum Gasteiger partial charge on any atom is 0.338 e. The van der Waals surface area contributed by atoms with Gasteiger partial charge in [0.05, 0.1) is 19.3 Å². The second kappa shape index (κ2) is 12.3. The molecule has 0 atom stereocenters. The Hall–Kier alpha value is -4.06. The van der Waals surface area contributed by atoms with E-state index < -0.39 is 5.97 Å². The Morgan fingerprint density at radius 1 is 0.971 bits per heavy atom. The van der Waals surface area contributed by atoms with E-state index in [1.165, 1.54) is 6.08 Å². The summed E-state index contributed by atoms with van der Waals surface area (Å²) in [5.74, 6) is 0.469. The summed E-state index contributed by atoms with van der Waals surface area (Å²) in [4.78, 5) is 24.4. The Bertz CT molecular complexity index is 1170. The van der Waals surface area contributed by atoms with Crippen molar-refractivity contribution in [2.45, 2.75) is 26.9 Å². The number of esters is 1. The van der Waals surface area contributed by atoms with Crippen molar-refractivity contribution in [3.63, 3.8) is 0 Å². The van der Waals surface area contributed by atoms with Gasteiger partial charge in [-0.3, -0.25) is 4.79 Å². The number of rotatable bonds is 10. The highest BCUT2D eigenvalue weighted by Crippen LogP contribution is 2.29. The van der Waals surface area contributed by atoms with Crippen LogP contribution in [0.1, 0.15) is 40.4 Å². The van der Waals surface area contributed by atoms with Gasteiger partial charge in [-0.15, -0.1) is 0 Å². The second-order valence-corrected chi connectivity index (χ2v) is 7.66. The molecule has 176 valence electrons. The van der Waals surface area contributed by atoms with Gasteiger partial charge in [-0.05, 0) is 66.4 Å². The summed E-state index contributed by atoms with van der Waals surface area (Å²) in [6.45, 7) is 4.77. The van der Waals surface area contributed by atoms with Gasteiger partial charge in [0, 0.05) is 11.8 Å². The van der Waals surface area contributed by atoms with Gasteiger partial charge >= 0.3 is 5.97 Å². The van der Waals surface area contributed by atoms with Gasteiger partial charge in [0.1, 0.15) is 6.61 Å². The third-order valence-electron chi connectivity index (χ3n) is 5.06. The first kappa shape index (κ1) is 24.6. The lowest BCUT2D eigenvalue weighted by molar-refractivity contribution is -0.111. The van der Waals surface area contributed by atoms with Crippen molar-refractivity contribution < 1.29 is 23.8 Å². The zero-order chi connectivity index (χ0) is 24.3. The van der Waals surface area contributed by atoms with Gasteiger partial charge < -0.3 is 19.5 Å². The molecule has 3 rings (SSSR count). The van der Waals surface area contributed by atoms with E-state index in [0.29, 0.717) is 36.0 Å². The summed E-state index contributed by atoms with van der Waals surface area (Å²) >= 11 is 0. The van der Waals surface area contributed by atoms with E-state index >= 15 is 0 Å². The molecule has 0 bridgehead atoms. The van der Waals surface area contributed by atoms with Crippen molar-refractivity contribution in [1.29, 1.82) is 0 Å². The van der Waals surface area contributed by atoms with E-state index in [9.17, 15) is 9.59 Å². The van der Waals surface area contributed by atoms with Gasteiger partial charge in [-0.2, -0.15) is 0 Å². The molecule has 1 amide bonds. The monoisotopic (exact) mass is 459 g/mol. The smallest absolute Gasteiger partial charge is 0.338 e. The normalized spacial score (nSPS) is 10.7. The van der Waals surface area contributed by atoms with Crippen LogP contribution in [0.2, 0.25) is 0 Å². The molecule has 3 aromatic carbocycles. The fourth-order valence-electron chi connectivity index (χ4n) is 3.19. The Labute approximate surface area is 200 Å². The van der Waals surface area contributed by atoms with Gasteiger partial charge in [0.2, 0.25) is 5.91 Å². The fourth-order valence-corrected chi connectivity index (χ4v) is 3.19. The maximum atomic E-state index is 12.4. The largest absolute Gasteiger partial charge is 0.493 e. The van der Waals surface area contributed by atoms with E-state index in [1.807, 2.05) is 50.2 Å². The van der Waals surface area contributed by atoms with Crippen molar-refractivity contribution in [1.82, 2.24) is 0 Å². The molecule has 0 aliphatic carbocycles. The molecule has 0 saturated carbocycles. The molecule has 3 aromatic rings. The first-order valence-electron chi connectivity index (χ1n) is 11.1. The highest BCUT2D eigenvalue weighted by atomic mass is 16.5. The number of carbonyl (C=O) groups is 2. The molecule has 34 heavy (non-hydrogen) atoms. The number of ether oxygens (including phenoxy) is 3. The minimum atomic E-state index is -0.412. The number of carbonyl (C=O) groups excluding carboxylic acids is 2. The summed E-state index contributed by atoms with van der Waals surface area (Å²) in [5.41, 5.74) is 3.95. The average molecular weight is 460 g/mol. The molecule has 0 aromatic heterocycles. The van der Waals surface area contributed by atoms with E-state index in [0.717, 1.165) is 23.1 Å². The van der Waals surface area contributed by atoms with Crippen LogP contribution in [0.15, 0.2) is 72.8 Å². The molecule has 0 aliphatic rings. The number of nitrogens with one attached hydrogen (secondary N) is 1. The standard InChI is InChI=1S/C28H29NO5/c1-4-16-33-28(31)22-10-7-11-24(18-22)29-27(30)15-13-21-12-14-25(26(17-21)32-3)34-19-23-9-6-5-8-20(23)2/h5-15,17-18H,4,16,19H2,1-3H3,(H,29,30)/b15-13+. The summed E-state index contributed by atoms with van der Waals surface area (Å²) in [5, 5.41) is 2.76. The van der Waals surface area contributed by atoms with E-state index in [4.69, 9.17) is 14.2 Å². The SMILES string of the molecule is CCCOC(=O)c1cccc(NC(=O)/C=C/c2ccc(OCc3ccccc3C)c(OC)c2)c1. The van der Waals surface area contributed by atoms with Crippen molar-refractivity contribution >= 4 is 23.6 Å². The summed E-state index contributed by atoms with van der Waals surface area (Å²) in [6.07, 6.45) is 3.85. The minimum Gasteiger partial charge on any atom is -0.493 e. The molecule has 0 unspecified atom stereocenters. The van der Waals surface area contributed by atoms with Crippen LogP contribution >= 0.6 is 0 Å². The predicted molar refractivity (Wildman–Crippen MR) is 133 cm³/mol. The lowest BCUT2D eigenvalue weighted by Gasteiger charge is -2.12. The Balaban J connectivity index is 1.62.